The maximum atomic E-state index is 12.7. The molecule has 0 amide bonds. The van der Waals surface area contributed by atoms with E-state index in [9.17, 15) is 13.7 Å². The Morgan fingerprint density at radius 1 is 1.07 bits per heavy atom. The van der Waals surface area contributed by atoms with Gasteiger partial charge >= 0.3 is 0 Å². The zero-order chi connectivity index (χ0) is 18.9. The Labute approximate surface area is 159 Å². The molecule has 0 saturated carbocycles. The predicted octanol–water partition coefficient (Wildman–Crippen LogP) is 2.05. The third kappa shape index (κ3) is 3.75. The molecule has 2 saturated heterocycles. The normalized spacial score (nSPS) is 25.7. The maximum absolute atomic E-state index is 12.7. The van der Waals surface area contributed by atoms with E-state index in [1.807, 2.05) is 24.3 Å². The second kappa shape index (κ2) is 7.41. The van der Waals surface area contributed by atoms with Crippen LogP contribution in [0.2, 0.25) is 0 Å². The molecule has 2 aliphatic heterocycles. The van der Waals surface area contributed by atoms with Crippen LogP contribution in [0.3, 0.4) is 0 Å². The highest BCUT2D eigenvalue weighted by atomic mass is 32.2. The summed E-state index contributed by atoms with van der Waals surface area (Å²) in [7, 11) is -3.74. The number of morpholine rings is 1. The van der Waals surface area contributed by atoms with Crippen LogP contribution in [0.15, 0.2) is 59.5 Å². The molecular formula is C20H21N3O3S. The Morgan fingerprint density at radius 2 is 1.81 bits per heavy atom. The van der Waals surface area contributed by atoms with Crippen molar-refractivity contribution in [2.45, 2.75) is 29.5 Å². The van der Waals surface area contributed by atoms with Crippen LogP contribution in [-0.2, 0) is 14.8 Å². The van der Waals surface area contributed by atoms with Crippen LogP contribution >= 0.6 is 0 Å². The summed E-state index contributed by atoms with van der Waals surface area (Å²) in [5.74, 6) is 0. The number of benzene rings is 2. The summed E-state index contributed by atoms with van der Waals surface area (Å²) in [6.45, 7) is 1.99. The van der Waals surface area contributed by atoms with Gasteiger partial charge in [-0.3, -0.25) is 4.90 Å². The van der Waals surface area contributed by atoms with E-state index in [0.29, 0.717) is 19.6 Å². The van der Waals surface area contributed by atoms with Crippen molar-refractivity contribution in [1.82, 2.24) is 9.62 Å². The van der Waals surface area contributed by atoms with E-state index < -0.39 is 10.0 Å². The number of nitrogens with zero attached hydrogens (tertiary/aromatic N) is 2. The topological polar surface area (TPSA) is 82.4 Å². The van der Waals surface area contributed by atoms with Crippen molar-refractivity contribution in [3.8, 4) is 6.07 Å². The fraction of sp³-hybridized carbons (Fsp3) is 0.350. The van der Waals surface area contributed by atoms with Gasteiger partial charge in [-0.1, -0.05) is 42.5 Å². The molecule has 2 aliphatic rings. The smallest absolute Gasteiger partial charge is 0.242 e. The lowest BCUT2D eigenvalue weighted by Gasteiger charge is -2.35. The van der Waals surface area contributed by atoms with E-state index in [-0.39, 0.29) is 28.6 Å². The lowest BCUT2D eigenvalue weighted by atomic mass is 10.1. The van der Waals surface area contributed by atoms with Gasteiger partial charge in [0.15, 0.2) is 0 Å². The van der Waals surface area contributed by atoms with Crippen molar-refractivity contribution in [3.05, 3.63) is 65.7 Å². The van der Waals surface area contributed by atoms with E-state index >= 15 is 0 Å². The van der Waals surface area contributed by atoms with Gasteiger partial charge in [0.25, 0.3) is 0 Å². The van der Waals surface area contributed by atoms with Crippen molar-refractivity contribution in [2.24, 2.45) is 0 Å². The minimum absolute atomic E-state index is 0.0112. The van der Waals surface area contributed by atoms with Crippen LogP contribution in [0.25, 0.3) is 0 Å². The first-order valence-electron chi connectivity index (χ1n) is 8.99. The van der Waals surface area contributed by atoms with Gasteiger partial charge in [-0.05, 0) is 24.1 Å². The van der Waals surface area contributed by atoms with E-state index in [4.69, 9.17) is 4.74 Å². The standard InChI is InChI=1S/C20H21N3O3S/c21-11-16-8-4-5-9-20(16)27(24,25)22-17-10-18-14-26-19(13-23(18)12-17)15-6-2-1-3-7-15/h1-9,17-19,22H,10,12-14H2/t17-,18+,19-/m1/s1. The molecule has 0 aliphatic carbocycles. The summed E-state index contributed by atoms with van der Waals surface area (Å²) >= 11 is 0. The third-order valence-electron chi connectivity index (χ3n) is 5.21. The minimum Gasteiger partial charge on any atom is -0.371 e. The fourth-order valence-electron chi connectivity index (χ4n) is 3.91. The summed E-state index contributed by atoms with van der Waals surface area (Å²) in [6.07, 6.45) is 0.715. The van der Waals surface area contributed by atoms with Gasteiger partial charge < -0.3 is 4.74 Å². The number of ether oxygens (including phenoxy) is 1. The number of nitrogens with one attached hydrogen (secondary N) is 1. The molecule has 0 bridgehead atoms. The Morgan fingerprint density at radius 3 is 2.59 bits per heavy atom. The second-order valence-corrected chi connectivity index (χ2v) is 8.68. The van der Waals surface area contributed by atoms with Gasteiger partial charge in [0, 0.05) is 25.2 Å². The molecule has 6 nitrogen and oxygen atoms in total. The lowest BCUT2D eigenvalue weighted by Crippen LogP contribution is -2.43. The molecule has 27 heavy (non-hydrogen) atoms. The quantitative estimate of drug-likeness (QED) is 0.874. The van der Waals surface area contributed by atoms with Crippen molar-refractivity contribution in [2.75, 3.05) is 19.7 Å². The van der Waals surface area contributed by atoms with Crippen molar-refractivity contribution in [3.63, 3.8) is 0 Å². The van der Waals surface area contributed by atoms with Gasteiger partial charge in [-0.25, -0.2) is 13.1 Å². The molecule has 7 heteroatoms. The number of fused-ring (bicyclic) bond motifs is 1. The van der Waals surface area contributed by atoms with Gasteiger partial charge in [0.1, 0.15) is 6.07 Å². The average Bonchev–Trinajstić information content (AvgIpc) is 3.09. The average molecular weight is 383 g/mol. The molecule has 140 valence electrons. The van der Waals surface area contributed by atoms with Crippen LogP contribution in [0.4, 0.5) is 0 Å². The molecule has 1 N–H and O–H groups in total. The number of sulfonamides is 1. The van der Waals surface area contributed by atoms with E-state index in [1.165, 1.54) is 12.1 Å². The molecular weight excluding hydrogens is 362 g/mol. The van der Waals surface area contributed by atoms with E-state index in [0.717, 1.165) is 12.1 Å². The van der Waals surface area contributed by atoms with Crippen LogP contribution in [0, 0.1) is 11.3 Å². The maximum Gasteiger partial charge on any atom is 0.242 e. The Hall–Kier alpha value is -2.24. The molecule has 0 unspecified atom stereocenters. The second-order valence-electron chi connectivity index (χ2n) is 7.00. The van der Waals surface area contributed by atoms with Crippen LogP contribution in [0.5, 0.6) is 0 Å². The van der Waals surface area contributed by atoms with Crippen LogP contribution in [0.1, 0.15) is 23.7 Å². The van der Waals surface area contributed by atoms with Crippen molar-refractivity contribution in [1.29, 1.82) is 5.26 Å². The molecule has 0 radical (unpaired) electrons. The number of hydrogen-bond acceptors (Lipinski definition) is 5. The number of rotatable bonds is 4. The van der Waals surface area contributed by atoms with Gasteiger partial charge in [-0.2, -0.15) is 5.26 Å². The van der Waals surface area contributed by atoms with E-state index in [2.05, 4.69) is 21.8 Å². The fourth-order valence-corrected chi connectivity index (χ4v) is 5.30. The molecule has 0 spiro atoms. The van der Waals surface area contributed by atoms with Crippen molar-refractivity contribution >= 4 is 10.0 Å². The highest BCUT2D eigenvalue weighted by Gasteiger charge is 2.39. The number of hydrogen-bond donors (Lipinski definition) is 1. The Balaban J connectivity index is 1.45. The summed E-state index contributed by atoms with van der Waals surface area (Å²) in [6, 6.07) is 18.3. The molecule has 2 fully saturated rings. The van der Waals surface area contributed by atoms with Crippen LogP contribution < -0.4 is 4.72 Å². The third-order valence-corrected chi connectivity index (χ3v) is 6.79. The highest BCUT2D eigenvalue weighted by Crippen LogP contribution is 2.30. The zero-order valence-corrected chi connectivity index (χ0v) is 15.6. The largest absolute Gasteiger partial charge is 0.371 e. The lowest BCUT2D eigenvalue weighted by molar-refractivity contribution is -0.0502. The summed E-state index contributed by atoms with van der Waals surface area (Å²) < 4.78 is 34.3. The molecule has 2 aromatic carbocycles. The zero-order valence-electron chi connectivity index (χ0n) is 14.8. The van der Waals surface area contributed by atoms with Gasteiger partial charge in [0.05, 0.1) is 23.2 Å². The number of nitriles is 1. The van der Waals surface area contributed by atoms with Gasteiger partial charge in [-0.15, -0.1) is 0 Å². The summed E-state index contributed by atoms with van der Waals surface area (Å²) in [5, 5.41) is 9.18. The first kappa shape index (κ1) is 18.1. The molecule has 2 heterocycles. The van der Waals surface area contributed by atoms with Crippen molar-refractivity contribution < 1.29 is 13.2 Å². The molecule has 2 aromatic rings. The predicted molar refractivity (Wildman–Crippen MR) is 100 cm³/mol. The highest BCUT2D eigenvalue weighted by molar-refractivity contribution is 7.89. The Bertz CT molecular complexity index is 956. The SMILES string of the molecule is N#Cc1ccccc1S(=O)(=O)N[C@@H]1C[C@H]2CO[C@@H](c3ccccc3)CN2C1. The first-order chi connectivity index (χ1) is 13.1. The van der Waals surface area contributed by atoms with Crippen LogP contribution in [-0.4, -0.2) is 45.1 Å². The Kier molecular flexibility index (Phi) is 4.98. The molecule has 0 aromatic heterocycles. The minimum atomic E-state index is -3.74. The first-order valence-corrected chi connectivity index (χ1v) is 10.5. The summed E-state index contributed by atoms with van der Waals surface area (Å²) in [4.78, 5) is 2.33. The monoisotopic (exact) mass is 383 g/mol. The molecule has 3 atom stereocenters. The summed E-state index contributed by atoms with van der Waals surface area (Å²) in [5.41, 5.74) is 1.30. The van der Waals surface area contributed by atoms with Gasteiger partial charge in [0.2, 0.25) is 10.0 Å². The van der Waals surface area contributed by atoms with E-state index in [1.54, 1.807) is 12.1 Å². The molecule has 4 rings (SSSR count).